The standard InChI is InChI=1S/C30H39N7O5S/c1-3-7-25-27-28(37(34-25)20-21-8-5-6-9-24(21)31)30(39)33-29(32-27)23-19-22(10-11-26(23)42-18-4-2)43(40,41)36-14-12-35(13-15-36)16-17-38/h5-6,8-11,19,38H,3-4,7,12-18,20,31H2,1-2H3,(H,32,33,39). The quantitative estimate of drug-likeness (QED) is 0.205. The summed E-state index contributed by atoms with van der Waals surface area (Å²) in [5.41, 5.74) is 9.08. The minimum absolute atomic E-state index is 0.0318. The van der Waals surface area contributed by atoms with E-state index in [1.165, 1.54) is 16.4 Å². The SMILES string of the molecule is CCCOc1ccc(S(=O)(=O)N2CCN(CCO)CC2)cc1-c1nc2c(CCC)nn(Cc3ccccc3N)c2c(=O)[nH]1. The number of aromatic amines is 1. The van der Waals surface area contributed by atoms with E-state index in [2.05, 4.69) is 4.98 Å². The number of para-hydroxylation sites is 1. The van der Waals surface area contributed by atoms with Crippen molar-refractivity contribution in [2.75, 3.05) is 51.7 Å². The molecule has 2 aromatic heterocycles. The number of benzene rings is 2. The van der Waals surface area contributed by atoms with Crippen LogP contribution in [0.3, 0.4) is 0 Å². The highest BCUT2D eigenvalue weighted by atomic mass is 32.2. The molecule has 4 aromatic rings. The van der Waals surface area contributed by atoms with Crippen LogP contribution in [0.15, 0.2) is 52.2 Å². The van der Waals surface area contributed by atoms with Crippen molar-refractivity contribution in [2.45, 2.75) is 44.6 Å². The maximum absolute atomic E-state index is 13.7. The summed E-state index contributed by atoms with van der Waals surface area (Å²) in [4.78, 5) is 23.5. The van der Waals surface area contributed by atoms with Crippen LogP contribution in [-0.4, -0.2) is 88.4 Å². The molecular formula is C30H39N7O5S. The number of nitrogen functional groups attached to an aromatic ring is 1. The Labute approximate surface area is 251 Å². The molecule has 0 amide bonds. The van der Waals surface area contributed by atoms with Crippen molar-refractivity contribution in [3.63, 3.8) is 0 Å². The predicted molar refractivity (Wildman–Crippen MR) is 166 cm³/mol. The average molecular weight is 610 g/mol. The zero-order chi connectivity index (χ0) is 30.6. The van der Waals surface area contributed by atoms with Crippen molar-refractivity contribution in [2.24, 2.45) is 0 Å². The van der Waals surface area contributed by atoms with Gasteiger partial charge in [0.05, 0.1) is 35.9 Å². The van der Waals surface area contributed by atoms with Crippen molar-refractivity contribution < 1.29 is 18.3 Å². The van der Waals surface area contributed by atoms with Crippen molar-refractivity contribution in [1.82, 2.24) is 29.0 Å². The van der Waals surface area contributed by atoms with Crippen LogP contribution in [0.25, 0.3) is 22.4 Å². The molecule has 1 aliphatic heterocycles. The third kappa shape index (κ3) is 6.44. The number of sulfonamides is 1. The number of nitrogens with one attached hydrogen (secondary N) is 1. The summed E-state index contributed by atoms with van der Waals surface area (Å²) in [7, 11) is -3.83. The van der Waals surface area contributed by atoms with Gasteiger partial charge in [0.25, 0.3) is 5.56 Å². The number of aliphatic hydroxyl groups excluding tert-OH is 1. The Morgan fingerprint density at radius 2 is 1.84 bits per heavy atom. The third-order valence-corrected chi connectivity index (χ3v) is 9.48. The molecule has 3 heterocycles. The number of aromatic nitrogens is 4. The fourth-order valence-corrected chi connectivity index (χ4v) is 6.76. The normalized spacial score (nSPS) is 14.9. The van der Waals surface area contributed by atoms with Crippen molar-refractivity contribution in [1.29, 1.82) is 0 Å². The fraction of sp³-hybridized carbons (Fsp3) is 0.433. The largest absolute Gasteiger partial charge is 0.493 e. The second-order valence-electron chi connectivity index (χ2n) is 10.6. The number of β-amino-alcohol motifs (C(OH)–C–C–N with tert-alkyl or cyclic N) is 1. The van der Waals surface area contributed by atoms with E-state index >= 15 is 0 Å². The lowest BCUT2D eigenvalue weighted by molar-refractivity contribution is 0.151. The summed E-state index contributed by atoms with van der Waals surface area (Å²) in [6.07, 6.45) is 2.16. The number of hydrogen-bond acceptors (Lipinski definition) is 9. The maximum Gasteiger partial charge on any atom is 0.277 e. The van der Waals surface area contributed by atoms with Crippen LogP contribution < -0.4 is 16.0 Å². The Bertz CT molecular complexity index is 1740. The molecule has 12 nitrogen and oxygen atoms in total. The minimum Gasteiger partial charge on any atom is -0.493 e. The molecule has 2 aromatic carbocycles. The lowest BCUT2D eigenvalue weighted by Crippen LogP contribution is -2.49. The lowest BCUT2D eigenvalue weighted by Gasteiger charge is -2.33. The van der Waals surface area contributed by atoms with Gasteiger partial charge in [-0.3, -0.25) is 14.4 Å². The molecule has 0 saturated carbocycles. The van der Waals surface area contributed by atoms with Gasteiger partial charge in [-0.25, -0.2) is 13.4 Å². The number of aryl methyl sites for hydroxylation is 1. The number of fused-ring (bicyclic) bond motifs is 1. The maximum atomic E-state index is 13.7. The molecule has 0 atom stereocenters. The zero-order valence-electron chi connectivity index (χ0n) is 24.6. The molecule has 230 valence electrons. The second kappa shape index (κ2) is 13.2. The van der Waals surface area contributed by atoms with Crippen LogP contribution in [0.2, 0.25) is 0 Å². The molecule has 1 saturated heterocycles. The van der Waals surface area contributed by atoms with Crippen molar-refractivity contribution in [3.8, 4) is 17.1 Å². The Morgan fingerprint density at radius 3 is 2.53 bits per heavy atom. The van der Waals surface area contributed by atoms with Gasteiger partial charge < -0.3 is 20.6 Å². The van der Waals surface area contributed by atoms with Gasteiger partial charge in [0.15, 0.2) is 5.52 Å². The van der Waals surface area contributed by atoms with Crippen molar-refractivity contribution >= 4 is 26.7 Å². The monoisotopic (exact) mass is 609 g/mol. The Hall–Kier alpha value is -3.78. The highest BCUT2D eigenvalue weighted by Crippen LogP contribution is 2.33. The van der Waals surface area contributed by atoms with E-state index < -0.39 is 10.0 Å². The molecule has 0 unspecified atom stereocenters. The van der Waals surface area contributed by atoms with E-state index in [9.17, 15) is 18.3 Å². The predicted octanol–water partition coefficient (Wildman–Crippen LogP) is 2.46. The summed E-state index contributed by atoms with van der Waals surface area (Å²) in [5, 5.41) is 14.0. The number of nitrogens with zero attached hydrogens (tertiary/aromatic N) is 5. The minimum atomic E-state index is -3.83. The van der Waals surface area contributed by atoms with E-state index in [-0.39, 0.29) is 22.9 Å². The van der Waals surface area contributed by atoms with Crippen LogP contribution in [-0.2, 0) is 23.0 Å². The number of anilines is 1. The average Bonchev–Trinajstić information content (AvgIpc) is 3.35. The number of aliphatic hydroxyl groups is 1. The second-order valence-corrected chi connectivity index (χ2v) is 12.6. The smallest absolute Gasteiger partial charge is 0.277 e. The number of rotatable bonds is 12. The molecule has 0 bridgehead atoms. The molecule has 43 heavy (non-hydrogen) atoms. The van der Waals surface area contributed by atoms with E-state index in [0.717, 1.165) is 18.4 Å². The summed E-state index contributed by atoms with van der Waals surface area (Å²) in [5.74, 6) is 0.641. The van der Waals surface area contributed by atoms with E-state index in [1.807, 2.05) is 43.0 Å². The van der Waals surface area contributed by atoms with Gasteiger partial charge in [-0.05, 0) is 42.7 Å². The third-order valence-electron chi connectivity index (χ3n) is 7.58. The molecule has 1 fully saturated rings. The molecule has 5 rings (SSSR count). The van der Waals surface area contributed by atoms with Crippen LogP contribution in [0.4, 0.5) is 5.69 Å². The van der Waals surface area contributed by atoms with Gasteiger partial charge in [0.2, 0.25) is 10.0 Å². The van der Waals surface area contributed by atoms with Crippen LogP contribution in [0.1, 0.15) is 37.9 Å². The first-order chi connectivity index (χ1) is 20.8. The Balaban J connectivity index is 1.58. The molecule has 0 radical (unpaired) electrons. The summed E-state index contributed by atoms with van der Waals surface area (Å²) < 4.78 is 36.4. The highest BCUT2D eigenvalue weighted by molar-refractivity contribution is 7.89. The summed E-state index contributed by atoms with van der Waals surface area (Å²) in [6.45, 7) is 6.98. The molecule has 4 N–H and O–H groups in total. The van der Waals surface area contributed by atoms with E-state index in [0.29, 0.717) is 86.0 Å². The first-order valence-electron chi connectivity index (χ1n) is 14.7. The molecular weight excluding hydrogens is 570 g/mol. The number of ether oxygens (including phenoxy) is 1. The van der Waals surface area contributed by atoms with Crippen LogP contribution in [0, 0.1) is 0 Å². The first kappa shape index (κ1) is 30.7. The van der Waals surface area contributed by atoms with Gasteiger partial charge in [-0.2, -0.15) is 9.40 Å². The lowest BCUT2D eigenvalue weighted by atomic mass is 10.1. The number of hydrogen-bond donors (Lipinski definition) is 3. The zero-order valence-corrected chi connectivity index (χ0v) is 25.4. The van der Waals surface area contributed by atoms with Gasteiger partial charge >= 0.3 is 0 Å². The van der Waals surface area contributed by atoms with Crippen LogP contribution >= 0.6 is 0 Å². The topological polar surface area (TPSA) is 160 Å². The van der Waals surface area contributed by atoms with Gasteiger partial charge in [-0.1, -0.05) is 38.5 Å². The fourth-order valence-electron chi connectivity index (χ4n) is 5.31. The summed E-state index contributed by atoms with van der Waals surface area (Å²) >= 11 is 0. The Kier molecular flexibility index (Phi) is 9.45. The van der Waals surface area contributed by atoms with Crippen molar-refractivity contribution in [3.05, 3.63) is 64.1 Å². The van der Waals surface area contributed by atoms with Gasteiger partial charge in [0.1, 0.15) is 17.1 Å². The molecule has 13 heteroatoms. The van der Waals surface area contributed by atoms with Gasteiger partial charge in [0, 0.05) is 38.4 Å². The Morgan fingerprint density at radius 1 is 1.07 bits per heavy atom. The van der Waals surface area contributed by atoms with E-state index in [4.69, 9.17) is 20.6 Å². The van der Waals surface area contributed by atoms with Crippen LogP contribution in [0.5, 0.6) is 5.75 Å². The summed E-state index contributed by atoms with van der Waals surface area (Å²) in [6, 6.07) is 12.1. The van der Waals surface area contributed by atoms with E-state index in [1.54, 1.807) is 10.7 Å². The highest BCUT2D eigenvalue weighted by Gasteiger charge is 2.30. The first-order valence-corrected chi connectivity index (χ1v) is 16.1. The number of piperazine rings is 1. The van der Waals surface area contributed by atoms with Gasteiger partial charge in [-0.15, -0.1) is 0 Å². The number of H-pyrrole nitrogens is 1. The molecule has 1 aliphatic rings. The number of nitrogens with two attached hydrogens (primary N) is 1. The molecule has 0 spiro atoms. The molecule has 0 aliphatic carbocycles.